The summed E-state index contributed by atoms with van der Waals surface area (Å²) < 4.78 is 35.3. The quantitative estimate of drug-likeness (QED) is 0.835. The Morgan fingerprint density at radius 3 is 2.46 bits per heavy atom. The van der Waals surface area contributed by atoms with Gasteiger partial charge in [-0.3, -0.25) is 0 Å². The second kappa shape index (κ2) is 6.61. The third-order valence-electron chi connectivity index (χ3n) is 4.40. The number of nitrogens with one attached hydrogen (secondary N) is 1. The van der Waals surface area contributed by atoms with Crippen molar-refractivity contribution in [1.29, 1.82) is 0 Å². The molecule has 3 rings (SSSR count). The Balaban J connectivity index is 1.72. The third-order valence-corrected chi connectivity index (χ3v) is 5.82. The molecule has 1 saturated carbocycles. The zero-order valence-corrected chi connectivity index (χ0v) is 15.2. The van der Waals surface area contributed by atoms with Gasteiger partial charge in [-0.15, -0.1) is 0 Å². The van der Waals surface area contributed by atoms with Gasteiger partial charge < -0.3 is 9.30 Å². The van der Waals surface area contributed by atoms with Crippen molar-refractivity contribution < 1.29 is 13.2 Å². The molecule has 0 aliphatic heterocycles. The molecule has 1 fully saturated rings. The van der Waals surface area contributed by atoms with E-state index in [-0.39, 0.29) is 4.90 Å². The number of rotatable bonds is 7. The molecule has 0 unspecified atom stereocenters. The smallest absolute Gasteiger partial charge is 0.240 e. The average Bonchev–Trinajstić information content (AvgIpc) is 3.33. The van der Waals surface area contributed by atoms with E-state index in [0.29, 0.717) is 24.9 Å². The summed E-state index contributed by atoms with van der Waals surface area (Å²) in [6.07, 6.45) is 2.43. The van der Waals surface area contributed by atoms with Crippen LogP contribution in [0.25, 0.3) is 0 Å². The highest BCUT2D eigenvalue weighted by atomic mass is 32.2. The third kappa shape index (κ3) is 3.49. The maximum atomic E-state index is 12.5. The van der Waals surface area contributed by atoms with E-state index in [2.05, 4.69) is 29.2 Å². The molecule has 1 aromatic carbocycles. The molecule has 1 aliphatic carbocycles. The largest absolute Gasteiger partial charge is 0.494 e. The zero-order chi connectivity index (χ0) is 17.3. The molecule has 1 aliphatic rings. The number of hydrogen-bond donors (Lipinski definition) is 1. The molecular weight excluding hydrogens is 324 g/mol. The first-order valence-electron chi connectivity index (χ1n) is 8.32. The summed E-state index contributed by atoms with van der Waals surface area (Å²) in [5.74, 6) is 0.671. The van der Waals surface area contributed by atoms with Gasteiger partial charge in [-0.25, -0.2) is 13.1 Å². The van der Waals surface area contributed by atoms with Gasteiger partial charge in [0.05, 0.1) is 11.5 Å². The van der Waals surface area contributed by atoms with Crippen LogP contribution in [0.5, 0.6) is 5.75 Å². The summed E-state index contributed by atoms with van der Waals surface area (Å²) in [5.41, 5.74) is 3.39. The zero-order valence-electron chi connectivity index (χ0n) is 14.4. The van der Waals surface area contributed by atoms with Gasteiger partial charge in [-0.1, -0.05) is 0 Å². The molecule has 0 saturated heterocycles. The van der Waals surface area contributed by atoms with E-state index >= 15 is 0 Å². The lowest BCUT2D eigenvalue weighted by molar-refractivity contribution is 0.340. The van der Waals surface area contributed by atoms with E-state index in [4.69, 9.17) is 4.74 Å². The topological polar surface area (TPSA) is 60.3 Å². The highest BCUT2D eigenvalue weighted by Gasteiger charge is 2.27. The van der Waals surface area contributed by atoms with Crippen molar-refractivity contribution in [3.05, 3.63) is 47.3 Å². The molecule has 2 aromatic rings. The lowest BCUT2D eigenvalue weighted by Gasteiger charge is -2.10. The van der Waals surface area contributed by atoms with Crippen LogP contribution in [0.2, 0.25) is 0 Å². The highest BCUT2D eigenvalue weighted by molar-refractivity contribution is 7.89. The fourth-order valence-electron chi connectivity index (χ4n) is 3.06. The molecule has 1 heterocycles. The molecule has 0 bridgehead atoms. The molecular formula is C18H24N2O3S. The number of aryl methyl sites for hydroxylation is 1. The van der Waals surface area contributed by atoms with Crippen LogP contribution < -0.4 is 9.46 Å². The average molecular weight is 348 g/mol. The van der Waals surface area contributed by atoms with Crippen molar-refractivity contribution >= 4 is 10.0 Å². The molecule has 0 amide bonds. The minimum absolute atomic E-state index is 0.252. The molecule has 24 heavy (non-hydrogen) atoms. The number of nitrogens with zero attached hydrogens (tertiary/aromatic N) is 1. The standard InChI is InChI=1S/C18H24N2O3S/c1-4-23-17-7-9-18(10-8-17)24(21,22)19-12-15-11-13(2)20(14(15)3)16-5-6-16/h7-11,16,19H,4-6,12H2,1-3H3. The van der Waals surface area contributed by atoms with Crippen molar-refractivity contribution in [2.75, 3.05) is 6.61 Å². The molecule has 0 radical (unpaired) electrons. The van der Waals surface area contributed by atoms with Gasteiger partial charge in [0.2, 0.25) is 10.0 Å². The fourth-order valence-corrected chi connectivity index (χ4v) is 4.06. The number of benzene rings is 1. The summed E-state index contributed by atoms with van der Waals surface area (Å²) in [6, 6.07) is 9.17. The Kier molecular flexibility index (Phi) is 4.69. The summed E-state index contributed by atoms with van der Waals surface area (Å²) >= 11 is 0. The molecule has 0 spiro atoms. The van der Waals surface area contributed by atoms with E-state index in [1.807, 2.05) is 6.92 Å². The van der Waals surface area contributed by atoms with Gasteiger partial charge in [-0.05, 0) is 69.5 Å². The van der Waals surface area contributed by atoms with Crippen LogP contribution in [0, 0.1) is 13.8 Å². The Labute approximate surface area is 143 Å². The van der Waals surface area contributed by atoms with E-state index in [1.54, 1.807) is 24.3 Å². The van der Waals surface area contributed by atoms with Gasteiger partial charge in [0.1, 0.15) is 5.75 Å². The SMILES string of the molecule is CCOc1ccc(S(=O)(=O)NCc2cc(C)n(C3CC3)c2C)cc1. The van der Waals surface area contributed by atoms with E-state index in [9.17, 15) is 8.42 Å². The second-order valence-electron chi connectivity index (χ2n) is 6.23. The Hall–Kier alpha value is -1.79. The lowest BCUT2D eigenvalue weighted by atomic mass is 10.2. The molecule has 1 N–H and O–H groups in total. The summed E-state index contributed by atoms with van der Waals surface area (Å²) in [7, 11) is -3.53. The molecule has 130 valence electrons. The van der Waals surface area contributed by atoms with Crippen molar-refractivity contribution in [1.82, 2.24) is 9.29 Å². The number of ether oxygens (including phenoxy) is 1. The summed E-state index contributed by atoms with van der Waals surface area (Å²) in [5, 5.41) is 0. The van der Waals surface area contributed by atoms with Crippen molar-refractivity contribution in [2.24, 2.45) is 0 Å². The Morgan fingerprint density at radius 2 is 1.88 bits per heavy atom. The van der Waals surface area contributed by atoms with Crippen LogP contribution in [0.15, 0.2) is 35.2 Å². The maximum absolute atomic E-state index is 12.5. The normalized spacial score (nSPS) is 14.8. The molecule has 6 heteroatoms. The van der Waals surface area contributed by atoms with Crippen molar-refractivity contribution in [2.45, 2.75) is 51.1 Å². The summed E-state index contributed by atoms with van der Waals surface area (Å²) in [4.78, 5) is 0.252. The first-order chi connectivity index (χ1) is 11.4. The monoisotopic (exact) mass is 348 g/mol. The van der Waals surface area contributed by atoms with Crippen LogP contribution >= 0.6 is 0 Å². The van der Waals surface area contributed by atoms with Crippen molar-refractivity contribution in [3.63, 3.8) is 0 Å². The van der Waals surface area contributed by atoms with E-state index in [1.165, 1.54) is 18.5 Å². The van der Waals surface area contributed by atoms with E-state index in [0.717, 1.165) is 11.3 Å². The Bertz CT molecular complexity index is 819. The van der Waals surface area contributed by atoms with Crippen LogP contribution in [0.4, 0.5) is 0 Å². The molecule has 0 atom stereocenters. The number of aromatic nitrogens is 1. The van der Waals surface area contributed by atoms with Crippen molar-refractivity contribution in [3.8, 4) is 5.75 Å². The second-order valence-corrected chi connectivity index (χ2v) is 7.99. The van der Waals surface area contributed by atoms with Gasteiger partial charge >= 0.3 is 0 Å². The number of hydrogen-bond acceptors (Lipinski definition) is 3. The predicted octanol–water partition coefficient (Wildman–Crippen LogP) is 3.32. The van der Waals surface area contributed by atoms with E-state index < -0.39 is 10.0 Å². The highest BCUT2D eigenvalue weighted by Crippen LogP contribution is 2.38. The van der Waals surface area contributed by atoms with Gasteiger partial charge in [0.15, 0.2) is 0 Å². The van der Waals surface area contributed by atoms with Gasteiger partial charge in [-0.2, -0.15) is 0 Å². The fraction of sp³-hybridized carbons (Fsp3) is 0.444. The van der Waals surface area contributed by atoms with Crippen LogP contribution in [0.1, 0.15) is 42.8 Å². The first kappa shape index (κ1) is 17.0. The first-order valence-corrected chi connectivity index (χ1v) is 9.80. The molecule has 1 aromatic heterocycles. The number of sulfonamides is 1. The van der Waals surface area contributed by atoms with Crippen LogP contribution in [0.3, 0.4) is 0 Å². The Morgan fingerprint density at radius 1 is 1.21 bits per heavy atom. The van der Waals surface area contributed by atoms with Crippen LogP contribution in [-0.2, 0) is 16.6 Å². The predicted molar refractivity (Wildman–Crippen MR) is 93.8 cm³/mol. The minimum Gasteiger partial charge on any atom is -0.494 e. The van der Waals surface area contributed by atoms with Crippen LogP contribution in [-0.4, -0.2) is 19.6 Å². The molecule has 5 nitrogen and oxygen atoms in total. The van der Waals surface area contributed by atoms with Gasteiger partial charge in [0.25, 0.3) is 0 Å². The van der Waals surface area contributed by atoms with Gasteiger partial charge in [0, 0.05) is 24.0 Å². The minimum atomic E-state index is -3.53. The lowest BCUT2D eigenvalue weighted by Crippen LogP contribution is -2.23. The maximum Gasteiger partial charge on any atom is 0.240 e. The summed E-state index contributed by atoms with van der Waals surface area (Å²) in [6.45, 7) is 6.90.